The van der Waals surface area contributed by atoms with E-state index in [4.69, 9.17) is 18.9 Å². The summed E-state index contributed by atoms with van der Waals surface area (Å²) in [6.07, 6.45) is -0.609. The first-order chi connectivity index (χ1) is 17.3. The molecule has 1 unspecified atom stereocenters. The van der Waals surface area contributed by atoms with Crippen LogP contribution in [0.15, 0.2) is 30.3 Å². The molecule has 1 fully saturated rings. The lowest BCUT2D eigenvalue weighted by molar-refractivity contribution is -0.124. The number of benzene rings is 2. The smallest absolute Gasteiger partial charge is 0.301 e. The molecule has 0 amide bonds. The first-order valence-corrected chi connectivity index (χ1v) is 11.8. The van der Waals surface area contributed by atoms with E-state index in [9.17, 15) is 0 Å². The van der Waals surface area contributed by atoms with E-state index < -0.39 is 29.4 Å². The Morgan fingerprint density at radius 3 is 2.67 bits per heavy atom. The molecule has 2 atom stereocenters. The molecule has 194 valence electrons. The number of hydrogen-bond acceptors (Lipinski definition) is 7. The Hall–Kier alpha value is -3.11. The van der Waals surface area contributed by atoms with Gasteiger partial charge in [-0.3, -0.25) is 0 Å². The van der Waals surface area contributed by atoms with Crippen molar-refractivity contribution < 1.29 is 32.1 Å². The summed E-state index contributed by atoms with van der Waals surface area (Å²) in [4.78, 5) is 8.96. The normalized spacial score (nSPS) is 16.8. The second-order valence-electron chi connectivity index (χ2n) is 8.68. The van der Waals surface area contributed by atoms with Crippen molar-refractivity contribution in [2.24, 2.45) is 0 Å². The summed E-state index contributed by atoms with van der Waals surface area (Å²) in [6.45, 7) is 4.37. The summed E-state index contributed by atoms with van der Waals surface area (Å²) in [5, 5.41) is 3.79. The number of halogens is 3. The highest BCUT2D eigenvalue weighted by Gasteiger charge is 2.46. The Bertz CT molecular complexity index is 1220. The van der Waals surface area contributed by atoms with Crippen molar-refractivity contribution in [3.05, 3.63) is 53.1 Å². The number of aryl methyl sites for hydroxylation is 1. The molecule has 7 nitrogen and oxygen atoms in total. The predicted molar refractivity (Wildman–Crippen MR) is 130 cm³/mol. The quantitative estimate of drug-likeness (QED) is 0.362. The molecule has 0 spiro atoms. The van der Waals surface area contributed by atoms with Crippen molar-refractivity contribution in [3.63, 3.8) is 0 Å². The standard InChI is InChI=1S/C26H30F3N3O4/c1-15(17-7-5-8-19(24(17)27)26(28,29)23-9-6-10-36-23)30-25-18-13-22(35-12-11-33-3)21(34-4)14-20(18)31-16(2)32-25/h5,7-8,13-15,23H,6,9-12H2,1-4H3,(H,30,31,32)/t15-,23?/m1/s1. The minimum Gasteiger partial charge on any atom is -0.493 e. The Labute approximate surface area is 207 Å². The molecule has 1 aromatic heterocycles. The molecule has 4 rings (SSSR count). The lowest BCUT2D eigenvalue weighted by atomic mass is 9.96. The lowest BCUT2D eigenvalue weighted by Gasteiger charge is -2.25. The van der Waals surface area contributed by atoms with Crippen LogP contribution in [0.25, 0.3) is 10.9 Å². The van der Waals surface area contributed by atoms with Crippen LogP contribution in [0.1, 0.15) is 42.8 Å². The van der Waals surface area contributed by atoms with E-state index in [-0.39, 0.29) is 18.6 Å². The number of anilines is 1. The Morgan fingerprint density at radius 1 is 1.17 bits per heavy atom. The van der Waals surface area contributed by atoms with Gasteiger partial charge in [0.15, 0.2) is 11.5 Å². The third-order valence-electron chi connectivity index (χ3n) is 6.18. The third-order valence-corrected chi connectivity index (χ3v) is 6.18. The average Bonchev–Trinajstić information content (AvgIpc) is 3.40. The zero-order chi connectivity index (χ0) is 25.9. The Morgan fingerprint density at radius 2 is 1.97 bits per heavy atom. The maximum atomic E-state index is 15.4. The molecule has 2 heterocycles. The van der Waals surface area contributed by atoms with E-state index in [2.05, 4.69) is 15.3 Å². The van der Waals surface area contributed by atoms with Crippen molar-refractivity contribution in [2.45, 2.75) is 44.8 Å². The second-order valence-corrected chi connectivity index (χ2v) is 8.68. The summed E-state index contributed by atoms with van der Waals surface area (Å²) in [6, 6.07) is 6.82. The largest absolute Gasteiger partial charge is 0.493 e. The first kappa shape index (κ1) is 26.0. The maximum absolute atomic E-state index is 15.4. The predicted octanol–water partition coefficient (Wildman–Crippen LogP) is 5.56. The topological polar surface area (TPSA) is 74.7 Å². The molecular formula is C26H30F3N3O4. The fraction of sp³-hybridized carbons (Fsp3) is 0.462. The maximum Gasteiger partial charge on any atom is 0.301 e. The molecule has 36 heavy (non-hydrogen) atoms. The average molecular weight is 506 g/mol. The van der Waals surface area contributed by atoms with Gasteiger partial charge in [-0.25, -0.2) is 14.4 Å². The molecule has 1 aliphatic rings. The van der Waals surface area contributed by atoms with Crippen LogP contribution in [0, 0.1) is 12.7 Å². The number of aromatic nitrogens is 2. The molecule has 10 heteroatoms. The van der Waals surface area contributed by atoms with Crippen LogP contribution >= 0.6 is 0 Å². The molecular weight excluding hydrogens is 475 g/mol. The van der Waals surface area contributed by atoms with Crippen LogP contribution in [0.3, 0.4) is 0 Å². The minimum atomic E-state index is -3.43. The van der Waals surface area contributed by atoms with Crippen molar-refractivity contribution >= 4 is 16.7 Å². The molecule has 3 aromatic rings. The van der Waals surface area contributed by atoms with Gasteiger partial charge in [-0.2, -0.15) is 8.78 Å². The second kappa shape index (κ2) is 10.9. The van der Waals surface area contributed by atoms with Gasteiger partial charge in [0, 0.05) is 30.7 Å². The summed E-state index contributed by atoms with van der Waals surface area (Å²) in [5.74, 6) is -2.54. The van der Waals surface area contributed by atoms with E-state index in [0.29, 0.717) is 53.7 Å². The molecule has 1 saturated heterocycles. The number of methoxy groups -OCH3 is 2. The van der Waals surface area contributed by atoms with Crippen LogP contribution in [0.2, 0.25) is 0 Å². The molecule has 0 aliphatic carbocycles. The van der Waals surface area contributed by atoms with Crippen LogP contribution in [-0.4, -0.2) is 50.1 Å². The fourth-order valence-electron chi connectivity index (χ4n) is 4.33. The van der Waals surface area contributed by atoms with Crippen LogP contribution in [-0.2, 0) is 15.4 Å². The zero-order valence-electron chi connectivity index (χ0n) is 20.7. The molecule has 0 saturated carbocycles. The molecule has 0 radical (unpaired) electrons. The monoisotopic (exact) mass is 505 g/mol. The van der Waals surface area contributed by atoms with Crippen LogP contribution < -0.4 is 14.8 Å². The van der Waals surface area contributed by atoms with E-state index >= 15 is 13.2 Å². The Balaban J connectivity index is 1.68. The van der Waals surface area contributed by atoms with Crippen molar-refractivity contribution in [1.82, 2.24) is 9.97 Å². The number of nitrogens with one attached hydrogen (secondary N) is 1. The number of hydrogen-bond donors (Lipinski definition) is 1. The summed E-state index contributed by atoms with van der Waals surface area (Å²) >= 11 is 0. The Kier molecular flexibility index (Phi) is 7.85. The van der Waals surface area contributed by atoms with E-state index in [1.165, 1.54) is 19.2 Å². The highest BCUT2D eigenvalue weighted by atomic mass is 19.3. The lowest BCUT2D eigenvalue weighted by Crippen LogP contribution is -2.31. The van der Waals surface area contributed by atoms with Gasteiger partial charge in [0.2, 0.25) is 0 Å². The van der Waals surface area contributed by atoms with Gasteiger partial charge in [-0.15, -0.1) is 0 Å². The number of nitrogens with zero attached hydrogens (tertiary/aromatic N) is 2. The van der Waals surface area contributed by atoms with Crippen molar-refractivity contribution in [3.8, 4) is 11.5 Å². The summed E-state index contributed by atoms with van der Waals surface area (Å²) in [5.41, 5.74) is 0.0230. The van der Waals surface area contributed by atoms with E-state index in [1.807, 2.05) is 0 Å². The molecule has 2 aromatic carbocycles. The van der Waals surface area contributed by atoms with E-state index in [1.54, 1.807) is 33.1 Å². The first-order valence-electron chi connectivity index (χ1n) is 11.8. The van der Waals surface area contributed by atoms with Crippen molar-refractivity contribution in [1.29, 1.82) is 0 Å². The van der Waals surface area contributed by atoms with E-state index in [0.717, 1.165) is 6.07 Å². The van der Waals surface area contributed by atoms with Gasteiger partial charge >= 0.3 is 5.92 Å². The highest BCUT2D eigenvalue weighted by molar-refractivity contribution is 5.92. The zero-order valence-corrected chi connectivity index (χ0v) is 20.7. The molecule has 1 aliphatic heterocycles. The third kappa shape index (κ3) is 5.19. The summed E-state index contributed by atoms with van der Waals surface area (Å²) in [7, 11) is 3.10. The van der Waals surface area contributed by atoms with Gasteiger partial charge in [0.1, 0.15) is 30.2 Å². The molecule has 1 N–H and O–H groups in total. The van der Waals surface area contributed by atoms with Gasteiger partial charge in [0.25, 0.3) is 0 Å². The number of ether oxygens (including phenoxy) is 4. The summed E-state index contributed by atoms with van der Waals surface area (Å²) < 4.78 is 67.0. The van der Waals surface area contributed by atoms with Gasteiger partial charge in [0.05, 0.1) is 30.8 Å². The number of fused-ring (bicyclic) bond motifs is 1. The highest BCUT2D eigenvalue weighted by Crippen LogP contribution is 2.41. The van der Waals surface area contributed by atoms with Gasteiger partial charge in [-0.1, -0.05) is 12.1 Å². The molecule has 0 bridgehead atoms. The van der Waals surface area contributed by atoms with Crippen LogP contribution in [0.5, 0.6) is 11.5 Å². The fourth-order valence-corrected chi connectivity index (χ4v) is 4.33. The number of rotatable bonds is 10. The minimum absolute atomic E-state index is 0.0969. The SMILES string of the molecule is COCCOc1cc2c(N[C@H](C)c3cccc(C(F)(F)C4CCCO4)c3F)nc(C)nc2cc1OC. The van der Waals surface area contributed by atoms with Crippen LogP contribution in [0.4, 0.5) is 19.0 Å². The number of alkyl halides is 2. The van der Waals surface area contributed by atoms with Crippen molar-refractivity contribution in [2.75, 3.05) is 39.4 Å². The van der Waals surface area contributed by atoms with Gasteiger partial charge in [-0.05, 0) is 38.8 Å². The van der Waals surface area contributed by atoms with Gasteiger partial charge < -0.3 is 24.3 Å².